The standard InChI is InChI=1S/C23H20N6O7S/c1-12-25-19-14(22(32)29(12)16-8-9-18(30)26-20(16)31)4-3-5-15(19)27-37(34,35)21-17-7-6-13(23(33)36-2)10-28(17)11-24-21/h3-7,10-11,16H,8-9H2,1-2H3,(H2-,26,27,30,31,34,35). The Labute approximate surface area is 209 Å². The number of rotatable bonds is 5. The van der Waals surface area contributed by atoms with Crippen LogP contribution in [0.15, 0.2) is 52.7 Å². The van der Waals surface area contributed by atoms with Gasteiger partial charge in [-0.1, -0.05) is 10.3 Å². The molecule has 2 amide bonds. The highest BCUT2D eigenvalue weighted by atomic mass is 32.3. The summed E-state index contributed by atoms with van der Waals surface area (Å²) in [6.45, 7) is 1.53. The molecule has 190 valence electrons. The first-order valence-electron chi connectivity index (χ1n) is 11.0. The van der Waals surface area contributed by atoms with Crippen LogP contribution in [0.3, 0.4) is 0 Å². The summed E-state index contributed by atoms with van der Waals surface area (Å²) in [5, 5.41) is 2.02. The molecule has 2 N–H and O–H groups in total. The summed E-state index contributed by atoms with van der Waals surface area (Å²) in [6.07, 6.45) is 2.88. The zero-order valence-electron chi connectivity index (χ0n) is 19.6. The molecule has 1 aromatic carbocycles. The van der Waals surface area contributed by atoms with Crippen molar-refractivity contribution in [2.45, 2.75) is 30.8 Å². The number of amides is 2. The maximum absolute atomic E-state index is 13.3. The minimum Gasteiger partial charge on any atom is -0.587 e. The maximum Gasteiger partial charge on any atom is 0.339 e. The van der Waals surface area contributed by atoms with E-state index in [4.69, 9.17) is 0 Å². The molecule has 0 radical (unpaired) electrons. The van der Waals surface area contributed by atoms with Gasteiger partial charge in [-0.25, -0.2) is 9.78 Å². The molecular weight excluding hydrogens is 504 g/mol. The predicted molar refractivity (Wildman–Crippen MR) is 129 cm³/mol. The second-order valence-corrected chi connectivity index (χ2v) is 9.96. The molecule has 1 aliphatic rings. The number of pyridine rings is 1. The van der Waals surface area contributed by atoms with Gasteiger partial charge in [-0.2, -0.15) is 9.71 Å². The van der Waals surface area contributed by atoms with Gasteiger partial charge in [-0.15, -0.1) is 0 Å². The summed E-state index contributed by atoms with van der Waals surface area (Å²) in [6, 6.07) is 6.36. The van der Waals surface area contributed by atoms with E-state index in [1.807, 2.05) is 0 Å². The van der Waals surface area contributed by atoms with Crippen molar-refractivity contribution >= 4 is 50.3 Å². The first kappa shape index (κ1) is 24.3. The SMILES string of the molecule is COC(=O)c1ccc2c([S+](=O)([O-])Nc3cccc4c(=O)n(C5CCC(=O)NC5=O)c(C)nc34)ncn2c1. The van der Waals surface area contributed by atoms with Crippen molar-refractivity contribution in [1.29, 1.82) is 0 Å². The van der Waals surface area contributed by atoms with Gasteiger partial charge in [0.1, 0.15) is 34.9 Å². The summed E-state index contributed by atoms with van der Waals surface area (Å²) >= 11 is 0. The molecule has 1 aliphatic heterocycles. The van der Waals surface area contributed by atoms with Crippen molar-refractivity contribution in [2.75, 3.05) is 11.8 Å². The second kappa shape index (κ2) is 8.90. The van der Waals surface area contributed by atoms with Crippen molar-refractivity contribution < 1.29 is 27.9 Å². The Hall–Kier alpha value is -4.43. The van der Waals surface area contributed by atoms with Crippen LogP contribution in [0.1, 0.15) is 35.1 Å². The summed E-state index contributed by atoms with van der Waals surface area (Å²) in [4.78, 5) is 57.4. The minimum absolute atomic E-state index is 0.0421. The Bertz CT molecular complexity index is 1730. The number of anilines is 1. The van der Waals surface area contributed by atoms with Crippen molar-refractivity contribution in [3.05, 3.63) is 64.6 Å². The minimum atomic E-state index is -4.25. The van der Waals surface area contributed by atoms with Gasteiger partial charge < -0.3 is 13.7 Å². The average Bonchev–Trinajstić information content (AvgIpc) is 3.29. The lowest BCUT2D eigenvalue weighted by molar-refractivity contribution is -0.135. The van der Waals surface area contributed by atoms with E-state index in [9.17, 15) is 27.9 Å². The van der Waals surface area contributed by atoms with Crippen LogP contribution >= 0.6 is 0 Å². The number of methoxy groups -OCH3 is 1. The highest BCUT2D eigenvalue weighted by Crippen LogP contribution is 2.28. The van der Waals surface area contributed by atoms with E-state index in [0.717, 1.165) is 0 Å². The number of hydrogen-bond acceptors (Lipinski definition) is 9. The van der Waals surface area contributed by atoms with Crippen LogP contribution in [0.5, 0.6) is 0 Å². The number of benzene rings is 1. The molecule has 2 unspecified atom stereocenters. The number of piperidine rings is 1. The molecule has 2 atom stereocenters. The number of sulfonamides is 1. The van der Waals surface area contributed by atoms with Crippen molar-refractivity contribution in [3.63, 3.8) is 0 Å². The summed E-state index contributed by atoms with van der Waals surface area (Å²) in [5.74, 6) is -1.41. The number of carbonyl (C=O) groups is 3. The fourth-order valence-corrected chi connectivity index (χ4v) is 5.51. The van der Waals surface area contributed by atoms with Gasteiger partial charge in [0, 0.05) is 12.6 Å². The number of para-hydroxylation sites is 1. The molecule has 1 fully saturated rings. The average molecular weight is 525 g/mol. The van der Waals surface area contributed by atoms with E-state index in [1.54, 1.807) is 0 Å². The van der Waals surface area contributed by atoms with E-state index < -0.39 is 39.8 Å². The lowest BCUT2D eigenvalue weighted by Gasteiger charge is -2.24. The van der Waals surface area contributed by atoms with Crippen molar-refractivity contribution in [3.8, 4) is 0 Å². The van der Waals surface area contributed by atoms with Gasteiger partial charge in [0.25, 0.3) is 10.6 Å². The van der Waals surface area contributed by atoms with E-state index in [0.29, 0.717) is 0 Å². The monoisotopic (exact) mass is 524 g/mol. The van der Waals surface area contributed by atoms with Crippen LogP contribution < -0.4 is 15.6 Å². The molecule has 3 aromatic heterocycles. The van der Waals surface area contributed by atoms with Crippen molar-refractivity contribution in [1.82, 2.24) is 24.3 Å². The number of nitrogens with zero attached hydrogens (tertiary/aromatic N) is 4. The van der Waals surface area contributed by atoms with Crippen LogP contribution in [0, 0.1) is 6.92 Å². The number of ether oxygens (including phenoxy) is 1. The lowest BCUT2D eigenvalue weighted by atomic mass is 10.1. The molecule has 14 heteroatoms. The van der Waals surface area contributed by atoms with Crippen LogP contribution in [0.4, 0.5) is 5.69 Å². The first-order valence-corrected chi connectivity index (χ1v) is 12.5. The highest BCUT2D eigenvalue weighted by Gasteiger charge is 2.32. The molecule has 4 heterocycles. The molecule has 13 nitrogen and oxygen atoms in total. The molecule has 0 aliphatic carbocycles. The normalized spacial score (nSPS) is 17.4. The molecular formula is C23H20N6O7S. The number of carbonyl (C=O) groups excluding carboxylic acids is 3. The zero-order valence-corrected chi connectivity index (χ0v) is 20.4. The fraction of sp³-hybridized carbons (Fsp3) is 0.217. The summed E-state index contributed by atoms with van der Waals surface area (Å²) < 4.78 is 36.3. The smallest absolute Gasteiger partial charge is 0.339 e. The van der Waals surface area contributed by atoms with E-state index >= 15 is 0 Å². The molecule has 0 spiro atoms. The number of imide groups is 1. The number of aromatic nitrogens is 4. The van der Waals surface area contributed by atoms with Crippen LogP contribution in [-0.4, -0.2) is 48.4 Å². The van der Waals surface area contributed by atoms with Gasteiger partial charge >= 0.3 is 5.97 Å². The molecule has 4 aromatic rings. The number of hydrogen-bond donors (Lipinski definition) is 2. The van der Waals surface area contributed by atoms with Crippen LogP contribution in [0.25, 0.3) is 16.4 Å². The summed E-state index contributed by atoms with van der Waals surface area (Å²) in [7, 11) is -3.01. The zero-order chi connectivity index (χ0) is 26.5. The topological polar surface area (TPSA) is 177 Å². The molecule has 0 saturated carbocycles. The largest absolute Gasteiger partial charge is 0.587 e. The Morgan fingerprint density at radius 2 is 2.03 bits per heavy atom. The molecule has 37 heavy (non-hydrogen) atoms. The van der Waals surface area contributed by atoms with E-state index in [-0.39, 0.29) is 51.4 Å². The van der Waals surface area contributed by atoms with E-state index in [2.05, 4.69) is 24.7 Å². The number of aryl methyl sites for hydroxylation is 1. The summed E-state index contributed by atoms with van der Waals surface area (Å²) in [5.41, 5.74) is 0.0185. The Morgan fingerprint density at radius 1 is 1.24 bits per heavy atom. The maximum atomic E-state index is 13.3. The third kappa shape index (κ3) is 4.15. The van der Waals surface area contributed by atoms with Gasteiger partial charge in [-0.3, -0.25) is 24.3 Å². The molecule has 5 rings (SSSR count). The van der Waals surface area contributed by atoms with Crippen LogP contribution in [-0.2, 0) is 28.9 Å². The van der Waals surface area contributed by atoms with Gasteiger partial charge in [-0.05, 0) is 37.6 Å². The van der Waals surface area contributed by atoms with Crippen LogP contribution in [0.2, 0.25) is 0 Å². The number of nitrogens with one attached hydrogen (secondary N) is 2. The number of fused-ring (bicyclic) bond motifs is 2. The van der Waals surface area contributed by atoms with E-state index in [1.165, 1.54) is 65.9 Å². The number of esters is 1. The third-order valence-corrected chi connectivity index (χ3v) is 7.36. The molecule has 0 bridgehead atoms. The first-order chi connectivity index (χ1) is 17.6. The number of imidazole rings is 1. The lowest BCUT2D eigenvalue weighted by Crippen LogP contribution is -2.45. The van der Waals surface area contributed by atoms with Gasteiger partial charge in [0.05, 0.1) is 18.1 Å². The quantitative estimate of drug-likeness (QED) is 0.220. The second-order valence-electron chi connectivity index (χ2n) is 8.36. The Kier molecular flexibility index (Phi) is 5.84. The van der Waals surface area contributed by atoms with Gasteiger partial charge in [0.15, 0.2) is 0 Å². The Balaban J connectivity index is 1.55. The highest BCUT2D eigenvalue weighted by molar-refractivity contribution is 7.99. The third-order valence-electron chi connectivity index (χ3n) is 6.04. The van der Waals surface area contributed by atoms with Crippen molar-refractivity contribution in [2.24, 2.45) is 0 Å². The molecule has 1 saturated heterocycles. The predicted octanol–water partition coefficient (Wildman–Crippen LogP) is 1.13. The Morgan fingerprint density at radius 3 is 2.76 bits per heavy atom. The van der Waals surface area contributed by atoms with Gasteiger partial charge in [0.2, 0.25) is 22.2 Å². The fourth-order valence-electron chi connectivity index (χ4n) is 4.32.